The Labute approximate surface area is 165 Å². The van der Waals surface area contributed by atoms with Crippen molar-refractivity contribution in [3.05, 3.63) is 64.7 Å². The summed E-state index contributed by atoms with van der Waals surface area (Å²) in [5.74, 6) is 1.91. The molecule has 0 spiro atoms. The van der Waals surface area contributed by atoms with Crippen molar-refractivity contribution in [3.63, 3.8) is 0 Å². The molecule has 0 aromatic heterocycles. The van der Waals surface area contributed by atoms with Crippen LogP contribution >= 0.6 is 35.6 Å². The third-order valence-electron chi connectivity index (χ3n) is 3.39. The van der Waals surface area contributed by atoms with Gasteiger partial charge in [0, 0.05) is 18.0 Å². The molecule has 0 atom stereocenters. The van der Waals surface area contributed by atoms with Crippen LogP contribution in [0.3, 0.4) is 0 Å². The largest absolute Gasteiger partial charge is 0.417 e. The summed E-state index contributed by atoms with van der Waals surface area (Å²) in [4.78, 5) is 0. The van der Waals surface area contributed by atoms with Crippen molar-refractivity contribution >= 4 is 46.4 Å². The van der Waals surface area contributed by atoms with Gasteiger partial charge in [-0.15, -0.1) is 0 Å². The highest BCUT2D eigenvalue weighted by Crippen LogP contribution is 2.36. The molecule has 0 unspecified atom stereocenters. The Balaban J connectivity index is 1.69. The maximum absolute atomic E-state index is 12.8. The van der Waals surface area contributed by atoms with Crippen molar-refractivity contribution in [2.24, 2.45) is 0 Å². The zero-order valence-electron chi connectivity index (χ0n) is 13.8. The molecular weight excluding hydrogens is 401 g/mol. The van der Waals surface area contributed by atoms with Crippen LogP contribution in [-0.4, -0.2) is 17.4 Å². The zero-order chi connectivity index (χ0) is 19.0. The average Bonchev–Trinajstić information content (AvgIpc) is 2.59. The fourth-order valence-corrected chi connectivity index (χ4v) is 3.50. The van der Waals surface area contributed by atoms with Crippen LogP contribution in [0.25, 0.3) is 0 Å². The van der Waals surface area contributed by atoms with Gasteiger partial charge in [-0.3, -0.25) is 0 Å². The first-order chi connectivity index (χ1) is 12.4. The van der Waals surface area contributed by atoms with Crippen LogP contribution in [0.15, 0.2) is 48.5 Å². The average molecular weight is 419 g/mol. The van der Waals surface area contributed by atoms with Gasteiger partial charge in [-0.25, -0.2) is 0 Å². The monoisotopic (exact) mass is 418 g/mol. The summed E-state index contributed by atoms with van der Waals surface area (Å²) in [5, 5.41) is 5.70. The molecule has 2 nitrogen and oxygen atoms in total. The number of thiocarbonyl (C=S) groups is 1. The first-order valence-electron chi connectivity index (χ1n) is 7.89. The maximum Gasteiger partial charge on any atom is 0.417 e. The molecule has 0 aliphatic carbocycles. The lowest BCUT2D eigenvalue weighted by molar-refractivity contribution is -0.137. The summed E-state index contributed by atoms with van der Waals surface area (Å²) < 4.78 is 38.5. The summed E-state index contributed by atoms with van der Waals surface area (Å²) >= 11 is 12.5. The molecule has 0 amide bonds. The third-order valence-corrected chi connectivity index (χ3v) is 5.08. The third kappa shape index (κ3) is 7.05. The molecule has 0 aliphatic rings. The SMILES string of the molecule is FC(F)(F)c1cc(NC(=S)NCCCSCc2ccccc2)ccc1Cl. The van der Waals surface area contributed by atoms with Crippen LogP contribution < -0.4 is 10.6 Å². The van der Waals surface area contributed by atoms with Gasteiger partial charge in [-0.05, 0) is 48.2 Å². The predicted octanol–water partition coefficient (Wildman–Crippen LogP) is 5.97. The van der Waals surface area contributed by atoms with Gasteiger partial charge in [0.05, 0.1) is 10.6 Å². The predicted molar refractivity (Wildman–Crippen MR) is 108 cm³/mol. The minimum absolute atomic E-state index is 0.248. The molecule has 0 fully saturated rings. The molecule has 8 heteroatoms. The number of benzene rings is 2. The van der Waals surface area contributed by atoms with E-state index in [4.69, 9.17) is 23.8 Å². The van der Waals surface area contributed by atoms with Crippen molar-refractivity contribution < 1.29 is 13.2 Å². The lowest BCUT2D eigenvalue weighted by Crippen LogP contribution is -2.29. The molecular formula is C18H18ClF3N2S2. The Kier molecular flexibility index (Phi) is 8.06. The van der Waals surface area contributed by atoms with E-state index in [9.17, 15) is 13.2 Å². The number of anilines is 1. The molecule has 2 aromatic carbocycles. The fourth-order valence-electron chi connectivity index (χ4n) is 2.14. The summed E-state index contributed by atoms with van der Waals surface area (Å²) in [6, 6.07) is 13.8. The second-order valence-electron chi connectivity index (χ2n) is 5.47. The summed E-state index contributed by atoms with van der Waals surface area (Å²) in [7, 11) is 0. The highest BCUT2D eigenvalue weighted by molar-refractivity contribution is 7.98. The Morgan fingerprint density at radius 1 is 1.12 bits per heavy atom. The van der Waals surface area contributed by atoms with Gasteiger partial charge in [0.25, 0.3) is 0 Å². The van der Waals surface area contributed by atoms with E-state index in [2.05, 4.69) is 22.8 Å². The highest BCUT2D eigenvalue weighted by atomic mass is 35.5. The number of thioether (sulfide) groups is 1. The number of halogens is 4. The molecule has 0 heterocycles. The van der Waals surface area contributed by atoms with E-state index in [1.54, 1.807) is 0 Å². The van der Waals surface area contributed by atoms with E-state index in [-0.39, 0.29) is 15.8 Å². The van der Waals surface area contributed by atoms with Crippen LogP contribution in [0, 0.1) is 0 Å². The molecule has 0 saturated heterocycles. The van der Waals surface area contributed by atoms with Gasteiger partial charge in [0.1, 0.15) is 0 Å². The van der Waals surface area contributed by atoms with Crippen molar-refractivity contribution in [2.45, 2.75) is 18.3 Å². The van der Waals surface area contributed by atoms with E-state index in [0.29, 0.717) is 6.54 Å². The number of rotatable bonds is 7. The Bertz CT molecular complexity index is 724. The van der Waals surface area contributed by atoms with Crippen LogP contribution in [0.5, 0.6) is 0 Å². The van der Waals surface area contributed by atoms with E-state index in [1.165, 1.54) is 17.7 Å². The molecule has 0 radical (unpaired) electrons. The number of alkyl halides is 3. The minimum atomic E-state index is -4.50. The van der Waals surface area contributed by atoms with Gasteiger partial charge >= 0.3 is 6.18 Å². The van der Waals surface area contributed by atoms with Crippen LogP contribution in [0.2, 0.25) is 5.02 Å². The Morgan fingerprint density at radius 2 is 1.85 bits per heavy atom. The van der Waals surface area contributed by atoms with Gasteiger partial charge in [-0.1, -0.05) is 41.9 Å². The summed E-state index contributed by atoms with van der Waals surface area (Å²) in [5.41, 5.74) is 0.646. The standard InChI is InChI=1S/C18H18ClF3N2S2/c19-16-8-7-14(11-15(16)18(20,21)22)24-17(25)23-9-4-10-26-12-13-5-2-1-3-6-13/h1-3,5-8,11H,4,9-10,12H2,(H2,23,24,25). The van der Waals surface area contributed by atoms with Crippen molar-refractivity contribution in [1.29, 1.82) is 0 Å². The van der Waals surface area contributed by atoms with Crippen LogP contribution in [0.1, 0.15) is 17.5 Å². The zero-order valence-corrected chi connectivity index (χ0v) is 16.2. The second-order valence-corrected chi connectivity index (χ2v) is 7.39. The molecule has 0 bridgehead atoms. The molecule has 2 aromatic rings. The molecule has 2 rings (SSSR count). The number of hydrogen-bond donors (Lipinski definition) is 2. The van der Waals surface area contributed by atoms with Crippen LogP contribution in [-0.2, 0) is 11.9 Å². The van der Waals surface area contributed by atoms with Gasteiger partial charge in [-0.2, -0.15) is 24.9 Å². The van der Waals surface area contributed by atoms with E-state index in [1.807, 2.05) is 30.0 Å². The van der Waals surface area contributed by atoms with Gasteiger partial charge in [0.15, 0.2) is 5.11 Å². The molecule has 2 N–H and O–H groups in total. The van der Waals surface area contributed by atoms with Crippen molar-refractivity contribution in [1.82, 2.24) is 5.32 Å². The smallest absolute Gasteiger partial charge is 0.362 e. The summed E-state index contributed by atoms with van der Waals surface area (Å²) in [6.45, 7) is 0.646. The molecule has 0 saturated carbocycles. The normalized spacial score (nSPS) is 11.2. The molecule has 140 valence electrons. The maximum atomic E-state index is 12.8. The fraction of sp³-hybridized carbons (Fsp3) is 0.278. The topological polar surface area (TPSA) is 24.1 Å². The van der Waals surface area contributed by atoms with E-state index in [0.717, 1.165) is 24.0 Å². The Hall–Kier alpha value is -1.44. The lowest BCUT2D eigenvalue weighted by atomic mass is 10.2. The van der Waals surface area contributed by atoms with E-state index >= 15 is 0 Å². The number of nitrogens with one attached hydrogen (secondary N) is 2. The first kappa shape index (κ1) is 20.9. The van der Waals surface area contributed by atoms with Crippen molar-refractivity contribution in [3.8, 4) is 0 Å². The van der Waals surface area contributed by atoms with Crippen LogP contribution in [0.4, 0.5) is 18.9 Å². The summed E-state index contributed by atoms with van der Waals surface area (Å²) in [6.07, 6.45) is -3.60. The second kappa shape index (κ2) is 10.0. The van der Waals surface area contributed by atoms with Gasteiger partial charge < -0.3 is 10.6 Å². The lowest BCUT2D eigenvalue weighted by Gasteiger charge is -2.14. The van der Waals surface area contributed by atoms with E-state index < -0.39 is 11.7 Å². The van der Waals surface area contributed by atoms with Gasteiger partial charge in [0.2, 0.25) is 0 Å². The highest BCUT2D eigenvalue weighted by Gasteiger charge is 2.33. The minimum Gasteiger partial charge on any atom is -0.362 e. The Morgan fingerprint density at radius 3 is 2.54 bits per heavy atom. The first-order valence-corrected chi connectivity index (χ1v) is 9.83. The quantitative estimate of drug-likeness (QED) is 0.427. The van der Waals surface area contributed by atoms with Crippen molar-refractivity contribution in [2.75, 3.05) is 17.6 Å². The molecule has 0 aliphatic heterocycles. The number of hydrogen-bond acceptors (Lipinski definition) is 2. The molecule has 26 heavy (non-hydrogen) atoms.